The summed E-state index contributed by atoms with van der Waals surface area (Å²) in [5.41, 5.74) is -0.606. The van der Waals surface area contributed by atoms with E-state index < -0.39 is 41.5 Å². The van der Waals surface area contributed by atoms with E-state index in [1.54, 1.807) is 6.07 Å². The first-order chi connectivity index (χ1) is 14.2. The summed E-state index contributed by atoms with van der Waals surface area (Å²) in [6, 6.07) is 1.71. The fraction of sp³-hybridized carbons (Fsp3) is 0.591. The average molecular weight is 416 g/mol. The van der Waals surface area contributed by atoms with Gasteiger partial charge in [-0.1, -0.05) is 12.2 Å². The Bertz CT molecular complexity index is 962. The normalized spacial score (nSPS) is 41.2. The third kappa shape index (κ3) is 2.77. The van der Waals surface area contributed by atoms with Gasteiger partial charge in [0.05, 0.1) is 5.56 Å². The van der Waals surface area contributed by atoms with Crippen molar-refractivity contribution in [3.63, 3.8) is 0 Å². The molecule has 0 aromatic carbocycles. The van der Waals surface area contributed by atoms with Crippen LogP contribution in [0.3, 0.4) is 0 Å². The monoisotopic (exact) mass is 416 g/mol. The molecule has 3 fully saturated rings. The van der Waals surface area contributed by atoms with E-state index in [9.17, 15) is 14.4 Å². The molecule has 0 spiro atoms. The van der Waals surface area contributed by atoms with E-state index in [1.165, 1.54) is 6.92 Å². The summed E-state index contributed by atoms with van der Waals surface area (Å²) in [5, 5.41) is 0. The van der Waals surface area contributed by atoms with Crippen molar-refractivity contribution in [1.29, 1.82) is 0 Å². The molecule has 1 aromatic rings. The van der Waals surface area contributed by atoms with Gasteiger partial charge >= 0.3 is 11.9 Å². The van der Waals surface area contributed by atoms with Crippen molar-refractivity contribution in [1.82, 2.24) is 0 Å². The number of rotatable bonds is 3. The van der Waals surface area contributed by atoms with Crippen LogP contribution in [0.25, 0.3) is 0 Å². The van der Waals surface area contributed by atoms with Crippen molar-refractivity contribution in [2.75, 3.05) is 0 Å². The maximum atomic E-state index is 12.8. The second-order valence-corrected chi connectivity index (χ2v) is 9.02. The number of hydrogen-bond acceptors (Lipinski definition) is 8. The number of esters is 2. The first-order valence-electron chi connectivity index (χ1n) is 10.1. The first-order valence-corrected chi connectivity index (χ1v) is 10.1. The number of ether oxygens (including phenoxy) is 4. The zero-order valence-electron chi connectivity index (χ0n) is 17.1. The van der Waals surface area contributed by atoms with Crippen molar-refractivity contribution in [3.05, 3.63) is 35.3 Å². The molecule has 7 atom stereocenters. The van der Waals surface area contributed by atoms with E-state index in [2.05, 4.69) is 6.58 Å². The quantitative estimate of drug-likeness (QED) is 0.320. The van der Waals surface area contributed by atoms with E-state index in [0.29, 0.717) is 36.3 Å². The zero-order chi connectivity index (χ0) is 21.4. The van der Waals surface area contributed by atoms with Crippen molar-refractivity contribution >= 4 is 18.2 Å². The highest BCUT2D eigenvalue weighted by Gasteiger charge is 2.79. The van der Waals surface area contributed by atoms with E-state index in [0.717, 1.165) is 11.9 Å². The van der Waals surface area contributed by atoms with Crippen LogP contribution in [0.1, 0.15) is 61.6 Å². The average Bonchev–Trinajstić information content (AvgIpc) is 3.49. The Balaban J connectivity index is 1.57. The van der Waals surface area contributed by atoms with E-state index >= 15 is 0 Å². The molecule has 0 amide bonds. The number of epoxide rings is 2. The van der Waals surface area contributed by atoms with Gasteiger partial charge in [0.25, 0.3) is 0 Å². The topological polar surface area (TPSA) is 108 Å². The zero-order valence-corrected chi connectivity index (χ0v) is 17.1. The van der Waals surface area contributed by atoms with Crippen molar-refractivity contribution in [2.24, 2.45) is 5.92 Å². The van der Waals surface area contributed by atoms with Gasteiger partial charge in [0.15, 0.2) is 6.29 Å². The van der Waals surface area contributed by atoms with Crippen molar-refractivity contribution < 1.29 is 37.7 Å². The Morgan fingerprint density at radius 1 is 1.33 bits per heavy atom. The number of carbonyl (C=O) groups is 3. The minimum absolute atomic E-state index is 0.203. The highest BCUT2D eigenvalue weighted by molar-refractivity contribution is 5.88. The molecule has 5 heterocycles. The molecule has 1 aromatic heterocycles. The van der Waals surface area contributed by atoms with E-state index in [-0.39, 0.29) is 12.0 Å². The molecule has 8 heteroatoms. The van der Waals surface area contributed by atoms with E-state index in [1.807, 2.05) is 13.8 Å². The Morgan fingerprint density at radius 3 is 2.73 bits per heavy atom. The Morgan fingerprint density at radius 2 is 2.10 bits per heavy atom. The molecular weight excluding hydrogens is 392 g/mol. The Labute approximate surface area is 173 Å². The SMILES string of the molecule is C=C(C)[C@@H]1Cc2oc(cc2C=O)[C@@H]2O[C@]2(C)C[C@H]2OC(=O)[C@]3(O[C@H]23)[C@H](OC(C)=O)C1. The van der Waals surface area contributed by atoms with Gasteiger partial charge in [0, 0.05) is 19.8 Å². The summed E-state index contributed by atoms with van der Waals surface area (Å²) >= 11 is 0. The lowest BCUT2D eigenvalue weighted by Gasteiger charge is -2.26. The maximum Gasteiger partial charge on any atom is 0.345 e. The third-order valence-corrected chi connectivity index (χ3v) is 6.75. The summed E-state index contributed by atoms with van der Waals surface area (Å²) in [4.78, 5) is 36.3. The fourth-order valence-corrected chi connectivity index (χ4v) is 4.98. The van der Waals surface area contributed by atoms with Crippen LogP contribution in [0.15, 0.2) is 22.6 Å². The minimum atomic E-state index is -1.29. The second kappa shape index (κ2) is 6.28. The molecule has 0 unspecified atom stereocenters. The standard InChI is InChI=1S/C22H24O8/c1-10(2)12-5-14-13(9-23)6-15(27-14)18-21(4,29-18)8-16-19-22(30-19,20(25)28-16)17(7-12)26-11(3)24/h6,9,12,16-19H,1,5,7-8H2,2-4H3/t12-,16-,17-,18+,19-,21-,22+/m1/s1. The minimum Gasteiger partial charge on any atom is -0.462 e. The van der Waals surface area contributed by atoms with Crippen molar-refractivity contribution in [3.8, 4) is 0 Å². The van der Waals surface area contributed by atoms with Gasteiger partial charge in [0.1, 0.15) is 41.5 Å². The van der Waals surface area contributed by atoms with Gasteiger partial charge in [0.2, 0.25) is 5.60 Å². The lowest BCUT2D eigenvalue weighted by Crippen LogP contribution is -2.42. The number of hydrogen-bond donors (Lipinski definition) is 0. The summed E-state index contributed by atoms with van der Waals surface area (Å²) < 4.78 is 29.0. The number of carbonyl (C=O) groups excluding carboxylic acids is 3. The highest BCUT2D eigenvalue weighted by Crippen LogP contribution is 2.59. The van der Waals surface area contributed by atoms with Gasteiger partial charge < -0.3 is 23.4 Å². The molecule has 160 valence electrons. The van der Waals surface area contributed by atoms with Crippen LogP contribution in [0.4, 0.5) is 0 Å². The smallest absolute Gasteiger partial charge is 0.345 e. The van der Waals surface area contributed by atoms with Crippen LogP contribution in [-0.4, -0.2) is 47.7 Å². The van der Waals surface area contributed by atoms with Gasteiger partial charge in [-0.05, 0) is 32.3 Å². The second-order valence-electron chi connectivity index (χ2n) is 9.02. The predicted octanol–water partition coefficient (Wildman–Crippen LogP) is 2.45. The van der Waals surface area contributed by atoms with Crippen LogP contribution in [0, 0.1) is 5.92 Å². The lowest BCUT2D eigenvalue weighted by molar-refractivity contribution is -0.165. The molecule has 4 bridgehead atoms. The molecule has 4 aliphatic heterocycles. The van der Waals surface area contributed by atoms with Crippen molar-refractivity contribution in [2.45, 2.75) is 75.7 Å². The molecule has 30 heavy (non-hydrogen) atoms. The van der Waals surface area contributed by atoms with Gasteiger partial charge in [-0.2, -0.15) is 0 Å². The maximum absolute atomic E-state index is 12.8. The van der Waals surface area contributed by atoms with E-state index in [4.69, 9.17) is 23.4 Å². The molecule has 0 aliphatic carbocycles. The van der Waals surface area contributed by atoms with Crippen LogP contribution in [-0.2, 0) is 35.0 Å². The molecule has 0 N–H and O–H groups in total. The molecule has 5 rings (SSSR count). The lowest BCUT2D eigenvalue weighted by atomic mass is 9.83. The predicted molar refractivity (Wildman–Crippen MR) is 101 cm³/mol. The van der Waals surface area contributed by atoms with Gasteiger partial charge in [-0.3, -0.25) is 9.59 Å². The molecule has 3 saturated heterocycles. The van der Waals surface area contributed by atoms with Crippen LogP contribution in [0.5, 0.6) is 0 Å². The number of aldehydes is 1. The molecule has 0 saturated carbocycles. The summed E-state index contributed by atoms with van der Waals surface area (Å²) in [6.45, 7) is 9.13. The van der Waals surface area contributed by atoms with Gasteiger partial charge in [-0.15, -0.1) is 0 Å². The molecular formula is C22H24O8. The summed E-state index contributed by atoms with van der Waals surface area (Å²) in [7, 11) is 0. The Kier molecular flexibility index (Phi) is 4.08. The van der Waals surface area contributed by atoms with Gasteiger partial charge in [-0.25, -0.2) is 4.79 Å². The first kappa shape index (κ1) is 19.5. The van der Waals surface area contributed by atoms with Crippen LogP contribution in [0.2, 0.25) is 0 Å². The highest BCUT2D eigenvalue weighted by atomic mass is 16.7. The summed E-state index contributed by atoms with van der Waals surface area (Å²) in [5.74, 6) is -0.0990. The Hall–Kier alpha value is -2.45. The fourth-order valence-electron chi connectivity index (χ4n) is 4.98. The molecule has 8 nitrogen and oxygen atoms in total. The molecule has 0 radical (unpaired) electrons. The van der Waals surface area contributed by atoms with Crippen LogP contribution < -0.4 is 0 Å². The largest absolute Gasteiger partial charge is 0.462 e. The van der Waals surface area contributed by atoms with Crippen LogP contribution >= 0.6 is 0 Å². The molecule has 4 aliphatic rings. The number of allylic oxidation sites excluding steroid dienone is 1. The third-order valence-electron chi connectivity index (χ3n) is 6.75. The number of furan rings is 1. The number of fused-ring (bicyclic) bond motifs is 4. The summed E-state index contributed by atoms with van der Waals surface area (Å²) in [6.07, 6.45) is -0.277.